The number of nitrogens with zero attached hydrogens (tertiary/aromatic N) is 1. The highest BCUT2D eigenvalue weighted by atomic mass is 127. The molecule has 2 aromatic rings. The van der Waals surface area contributed by atoms with E-state index in [1.165, 1.54) is 0 Å². The van der Waals surface area contributed by atoms with Gasteiger partial charge in [-0.15, -0.1) is 0 Å². The van der Waals surface area contributed by atoms with Crippen molar-refractivity contribution in [1.82, 2.24) is 4.83 Å². The van der Waals surface area contributed by atoms with Gasteiger partial charge in [-0.25, -0.2) is 0 Å². The van der Waals surface area contributed by atoms with Crippen LogP contribution in [-0.2, 0) is 10.0 Å². The summed E-state index contributed by atoms with van der Waals surface area (Å²) in [5.41, 5.74) is 2.50. The van der Waals surface area contributed by atoms with Gasteiger partial charge in [0.05, 0.1) is 10.6 Å². The highest BCUT2D eigenvalue weighted by Gasteiger charge is 2.12. The van der Waals surface area contributed by atoms with E-state index in [4.69, 9.17) is 0 Å². The van der Waals surface area contributed by atoms with Crippen LogP contribution in [0.15, 0.2) is 58.5 Å². The molecule has 110 valence electrons. The molecule has 0 saturated carbocycles. The SMILES string of the molecule is C/C(=N/NS(=O)(=O)c1ccc(C)cc1)c1ccc(I)cc1. The number of hydrogen-bond donors (Lipinski definition) is 1. The Labute approximate surface area is 138 Å². The number of hydrogen-bond acceptors (Lipinski definition) is 3. The molecule has 0 aliphatic carbocycles. The van der Waals surface area contributed by atoms with Crippen LogP contribution < -0.4 is 4.83 Å². The van der Waals surface area contributed by atoms with Crippen LogP contribution in [0.3, 0.4) is 0 Å². The summed E-state index contributed by atoms with van der Waals surface area (Å²) in [6, 6.07) is 14.3. The molecule has 2 aromatic carbocycles. The van der Waals surface area contributed by atoms with Gasteiger partial charge in [-0.2, -0.15) is 18.4 Å². The average molecular weight is 414 g/mol. The molecule has 0 aliphatic rings. The quantitative estimate of drug-likeness (QED) is 0.474. The van der Waals surface area contributed by atoms with Crippen molar-refractivity contribution in [2.45, 2.75) is 18.7 Å². The monoisotopic (exact) mass is 414 g/mol. The Morgan fingerprint density at radius 3 is 2.19 bits per heavy atom. The normalized spacial score (nSPS) is 12.2. The third kappa shape index (κ3) is 4.28. The van der Waals surface area contributed by atoms with Gasteiger partial charge >= 0.3 is 0 Å². The Morgan fingerprint density at radius 2 is 1.62 bits per heavy atom. The minimum Gasteiger partial charge on any atom is -0.200 e. The molecule has 0 aromatic heterocycles. The van der Waals surface area contributed by atoms with Gasteiger partial charge in [0, 0.05) is 3.57 Å². The van der Waals surface area contributed by atoms with Crippen LogP contribution in [-0.4, -0.2) is 14.1 Å². The predicted octanol–water partition coefficient (Wildman–Crippen LogP) is 3.30. The standard InChI is InChI=1S/C15H15IN2O2S/c1-11-3-9-15(10-4-11)21(19,20)18-17-12(2)13-5-7-14(16)8-6-13/h3-10,18H,1-2H3/b17-12-. The van der Waals surface area contributed by atoms with E-state index in [-0.39, 0.29) is 4.90 Å². The molecule has 0 saturated heterocycles. The Morgan fingerprint density at radius 1 is 1.05 bits per heavy atom. The van der Waals surface area contributed by atoms with Gasteiger partial charge < -0.3 is 0 Å². The maximum Gasteiger partial charge on any atom is 0.276 e. The highest BCUT2D eigenvalue weighted by molar-refractivity contribution is 14.1. The van der Waals surface area contributed by atoms with Crippen molar-refractivity contribution < 1.29 is 8.42 Å². The van der Waals surface area contributed by atoms with Crippen LogP contribution in [0.4, 0.5) is 0 Å². The van der Waals surface area contributed by atoms with E-state index in [2.05, 4.69) is 32.5 Å². The summed E-state index contributed by atoms with van der Waals surface area (Å²) < 4.78 is 25.3. The predicted molar refractivity (Wildman–Crippen MR) is 92.9 cm³/mol. The van der Waals surface area contributed by atoms with Gasteiger partial charge in [-0.3, -0.25) is 0 Å². The van der Waals surface area contributed by atoms with Crippen LogP contribution in [0, 0.1) is 10.5 Å². The van der Waals surface area contributed by atoms with Crippen LogP contribution in [0.2, 0.25) is 0 Å². The van der Waals surface area contributed by atoms with Crippen molar-refractivity contribution in [2.75, 3.05) is 0 Å². The van der Waals surface area contributed by atoms with Gasteiger partial charge in [-0.1, -0.05) is 29.8 Å². The topological polar surface area (TPSA) is 58.5 Å². The van der Waals surface area contributed by atoms with Crippen molar-refractivity contribution in [3.63, 3.8) is 0 Å². The summed E-state index contributed by atoms with van der Waals surface area (Å²) in [6.45, 7) is 3.67. The maximum atomic E-state index is 12.1. The number of nitrogens with one attached hydrogen (secondary N) is 1. The summed E-state index contributed by atoms with van der Waals surface area (Å²) in [7, 11) is -3.63. The molecule has 0 spiro atoms. The lowest BCUT2D eigenvalue weighted by Gasteiger charge is -2.06. The smallest absolute Gasteiger partial charge is 0.200 e. The second kappa shape index (κ2) is 6.57. The van der Waals surface area contributed by atoms with E-state index in [1.54, 1.807) is 31.2 Å². The fourth-order valence-electron chi connectivity index (χ4n) is 1.65. The third-order valence-electron chi connectivity index (χ3n) is 2.93. The van der Waals surface area contributed by atoms with Crippen LogP contribution in [0.1, 0.15) is 18.1 Å². The zero-order valence-corrected chi connectivity index (χ0v) is 14.6. The lowest BCUT2D eigenvalue weighted by molar-refractivity contribution is 0.584. The van der Waals surface area contributed by atoms with Crippen molar-refractivity contribution in [3.8, 4) is 0 Å². The van der Waals surface area contributed by atoms with E-state index in [0.29, 0.717) is 5.71 Å². The molecule has 0 heterocycles. The molecule has 4 nitrogen and oxygen atoms in total. The summed E-state index contributed by atoms with van der Waals surface area (Å²) in [6.07, 6.45) is 0. The first-order chi connectivity index (χ1) is 9.88. The van der Waals surface area contributed by atoms with Crippen molar-refractivity contribution in [3.05, 3.63) is 63.2 Å². The Balaban J connectivity index is 2.18. The number of aryl methyl sites for hydroxylation is 1. The molecule has 0 bridgehead atoms. The van der Waals surface area contributed by atoms with Gasteiger partial charge in [0.2, 0.25) is 0 Å². The molecule has 21 heavy (non-hydrogen) atoms. The molecule has 0 atom stereocenters. The highest BCUT2D eigenvalue weighted by Crippen LogP contribution is 2.11. The first kappa shape index (κ1) is 16.0. The molecule has 0 unspecified atom stereocenters. The summed E-state index contributed by atoms with van der Waals surface area (Å²) in [4.78, 5) is 2.47. The van der Waals surface area contributed by atoms with Crippen molar-refractivity contribution in [2.24, 2.45) is 5.10 Å². The lowest BCUT2D eigenvalue weighted by atomic mass is 10.1. The van der Waals surface area contributed by atoms with E-state index in [9.17, 15) is 8.42 Å². The lowest BCUT2D eigenvalue weighted by Crippen LogP contribution is -2.19. The van der Waals surface area contributed by atoms with Crippen LogP contribution in [0.5, 0.6) is 0 Å². The van der Waals surface area contributed by atoms with Gasteiger partial charge in [0.25, 0.3) is 10.0 Å². The summed E-state index contributed by atoms with van der Waals surface area (Å²) >= 11 is 2.21. The van der Waals surface area contributed by atoms with E-state index >= 15 is 0 Å². The molecule has 0 fully saturated rings. The molecule has 0 aliphatic heterocycles. The number of sulfonamides is 1. The fourth-order valence-corrected chi connectivity index (χ4v) is 2.87. The molecule has 2 rings (SSSR count). The summed E-state index contributed by atoms with van der Waals surface area (Å²) in [5, 5.41) is 3.97. The Hall–Kier alpha value is -1.41. The number of hydrazone groups is 1. The molecular formula is C15H15IN2O2S. The largest absolute Gasteiger partial charge is 0.276 e. The number of rotatable bonds is 4. The van der Waals surface area contributed by atoms with E-state index in [1.807, 2.05) is 31.2 Å². The van der Waals surface area contributed by atoms with Crippen LogP contribution >= 0.6 is 22.6 Å². The first-order valence-corrected chi connectivity index (χ1v) is 8.83. The molecule has 0 radical (unpaired) electrons. The minimum atomic E-state index is -3.63. The van der Waals surface area contributed by atoms with Crippen molar-refractivity contribution in [1.29, 1.82) is 0 Å². The Kier molecular flexibility index (Phi) is 5.00. The van der Waals surface area contributed by atoms with Gasteiger partial charge in [0.1, 0.15) is 0 Å². The molecule has 1 N–H and O–H groups in total. The number of benzene rings is 2. The average Bonchev–Trinajstić information content (AvgIpc) is 2.46. The second-order valence-corrected chi connectivity index (χ2v) is 7.52. The zero-order chi connectivity index (χ0) is 15.5. The van der Waals surface area contributed by atoms with Crippen molar-refractivity contribution >= 4 is 38.3 Å². The summed E-state index contributed by atoms with van der Waals surface area (Å²) in [5.74, 6) is 0. The second-order valence-electron chi connectivity index (χ2n) is 4.61. The molecular weight excluding hydrogens is 399 g/mol. The van der Waals surface area contributed by atoms with E-state index in [0.717, 1.165) is 14.7 Å². The fraction of sp³-hybridized carbons (Fsp3) is 0.133. The van der Waals surface area contributed by atoms with Gasteiger partial charge in [-0.05, 0) is 66.3 Å². The zero-order valence-electron chi connectivity index (χ0n) is 11.7. The first-order valence-electron chi connectivity index (χ1n) is 6.27. The minimum absolute atomic E-state index is 0.201. The van der Waals surface area contributed by atoms with Crippen LogP contribution in [0.25, 0.3) is 0 Å². The Bertz CT molecular complexity index is 751. The van der Waals surface area contributed by atoms with E-state index < -0.39 is 10.0 Å². The third-order valence-corrected chi connectivity index (χ3v) is 4.87. The molecule has 6 heteroatoms. The van der Waals surface area contributed by atoms with Gasteiger partial charge in [0.15, 0.2) is 0 Å². The maximum absolute atomic E-state index is 12.1. The number of halogens is 1. The molecule has 0 amide bonds.